The van der Waals surface area contributed by atoms with Crippen LogP contribution in [0.3, 0.4) is 0 Å². The van der Waals surface area contributed by atoms with Crippen LogP contribution in [0.1, 0.15) is 406 Å². The van der Waals surface area contributed by atoms with Gasteiger partial charge in [0.1, 0.15) is 6.61 Å². The molecule has 0 saturated carbocycles. The molecule has 1 unspecified atom stereocenters. The molecule has 0 aromatic rings. The van der Waals surface area contributed by atoms with Crippen LogP contribution < -0.4 is 0 Å². The Morgan fingerprint density at radius 2 is 0.425 bits per heavy atom. The van der Waals surface area contributed by atoms with Crippen LogP contribution in [0.5, 0.6) is 0 Å². The third-order valence-electron chi connectivity index (χ3n) is 16.2. The third kappa shape index (κ3) is 63.3. The first-order valence-electron chi connectivity index (χ1n) is 34.1. The number of esters is 2. The minimum Gasteiger partial charge on any atom is -0.462 e. The first-order valence-corrected chi connectivity index (χ1v) is 34.1. The molecule has 0 bridgehead atoms. The van der Waals surface area contributed by atoms with Gasteiger partial charge >= 0.3 is 11.9 Å². The van der Waals surface area contributed by atoms with Crippen molar-refractivity contribution >= 4 is 11.9 Å². The van der Waals surface area contributed by atoms with Crippen molar-refractivity contribution in [2.45, 2.75) is 412 Å². The first kappa shape index (κ1) is 71.9. The summed E-state index contributed by atoms with van der Waals surface area (Å²) in [5.41, 5.74) is 0. The topological polar surface area (TPSA) is 72.8 Å². The number of ether oxygens (including phenoxy) is 2. The van der Waals surface area contributed by atoms with Crippen molar-refractivity contribution in [3.05, 3.63) is 0 Å². The van der Waals surface area contributed by atoms with Gasteiger partial charge in [0.15, 0.2) is 6.10 Å². The van der Waals surface area contributed by atoms with Gasteiger partial charge in [-0.1, -0.05) is 380 Å². The molecule has 0 heterocycles. The van der Waals surface area contributed by atoms with Crippen LogP contribution in [0.25, 0.3) is 0 Å². The minimum atomic E-state index is -0.765. The number of unbranched alkanes of at least 4 members (excludes halogenated alkanes) is 57. The van der Waals surface area contributed by atoms with E-state index in [2.05, 4.69) is 13.8 Å². The van der Waals surface area contributed by atoms with E-state index in [1.807, 2.05) is 0 Å². The molecule has 436 valence electrons. The van der Waals surface area contributed by atoms with Crippen LogP contribution >= 0.6 is 0 Å². The van der Waals surface area contributed by atoms with E-state index in [0.29, 0.717) is 12.8 Å². The predicted octanol–water partition coefficient (Wildman–Crippen LogP) is 23.3. The Morgan fingerprint density at radius 3 is 0.603 bits per heavy atom. The van der Waals surface area contributed by atoms with Crippen molar-refractivity contribution in [1.82, 2.24) is 0 Å². The Labute approximate surface area is 459 Å². The van der Waals surface area contributed by atoms with E-state index in [-0.39, 0.29) is 25.2 Å². The normalized spacial score (nSPS) is 12.0. The van der Waals surface area contributed by atoms with Crippen LogP contribution in [0, 0.1) is 0 Å². The molecule has 0 aliphatic heterocycles. The lowest BCUT2D eigenvalue weighted by Crippen LogP contribution is -2.28. The molecule has 0 fully saturated rings. The smallest absolute Gasteiger partial charge is 0.306 e. The summed E-state index contributed by atoms with van der Waals surface area (Å²) in [4.78, 5) is 24.6. The lowest BCUT2D eigenvalue weighted by Gasteiger charge is -2.15. The zero-order valence-electron chi connectivity index (χ0n) is 50.2. The van der Waals surface area contributed by atoms with Gasteiger partial charge < -0.3 is 14.6 Å². The van der Waals surface area contributed by atoms with E-state index in [4.69, 9.17) is 9.47 Å². The summed E-state index contributed by atoms with van der Waals surface area (Å²) >= 11 is 0. The molecule has 0 aromatic carbocycles. The second-order valence-electron chi connectivity index (χ2n) is 23.6. The maximum Gasteiger partial charge on any atom is 0.306 e. The lowest BCUT2D eigenvalue weighted by atomic mass is 10.0. The van der Waals surface area contributed by atoms with Crippen molar-refractivity contribution in [2.75, 3.05) is 13.2 Å². The Bertz CT molecular complexity index is 1030. The van der Waals surface area contributed by atoms with E-state index in [1.165, 1.54) is 347 Å². The van der Waals surface area contributed by atoms with Crippen molar-refractivity contribution in [3.63, 3.8) is 0 Å². The van der Waals surface area contributed by atoms with E-state index in [1.54, 1.807) is 0 Å². The van der Waals surface area contributed by atoms with E-state index < -0.39 is 6.10 Å². The summed E-state index contributed by atoms with van der Waals surface area (Å²) in [5, 5.41) is 9.69. The fraction of sp³-hybridized carbons (Fsp3) is 0.971. The SMILES string of the molecule is CCCCCCCCCCCCCCCCCCCCCCCCCCCCCCCCCC(=O)OC(CO)COC(=O)CCCCCCCCCCCCCCCCCCCCCCCCCCCCCC. The first-order chi connectivity index (χ1) is 36.1. The Hall–Kier alpha value is -1.10. The number of carbonyl (C=O) groups is 2. The van der Waals surface area contributed by atoms with Crippen molar-refractivity contribution in [2.24, 2.45) is 0 Å². The van der Waals surface area contributed by atoms with Crippen LogP contribution in [-0.4, -0.2) is 36.4 Å². The second-order valence-corrected chi connectivity index (χ2v) is 23.6. The summed E-state index contributed by atoms with van der Waals surface area (Å²) in [6.07, 6.45) is 81.4. The average molecular weight is 1030 g/mol. The second kappa shape index (κ2) is 65.2. The number of aliphatic hydroxyl groups excluding tert-OH is 1. The van der Waals surface area contributed by atoms with Crippen LogP contribution in [0.4, 0.5) is 0 Å². The number of aliphatic hydroxyl groups is 1. The number of hydrogen-bond donors (Lipinski definition) is 1. The van der Waals surface area contributed by atoms with Gasteiger partial charge in [0.05, 0.1) is 6.61 Å². The molecule has 0 amide bonds. The maximum absolute atomic E-state index is 12.4. The maximum atomic E-state index is 12.4. The number of hydrogen-bond acceptors (Lipinski definition) is 5. The van der Waals surface area contributed by atoms with Crippen LogP contribution in [-0.2, 0) is 19.1 Å². The number of rotatable bonds is 65. The molecule has 0 aliphatic rings. The van der Waals surface area contributed by atoms with Gasteiger partial charge in [0.25, 0.3) is 0 Å². The van der Waals surface area contributed by atoms with Crippen molar-refractivity contribution in [3.8, 4) is 0 Å². The van der Waals surface area contributed by atoms with E-state index >= 15 is 0 Å². The molecule has 5 nitrogen and oxygen atoms in total. The minimum absolute atomic E-state index is 0.0553. The fourth-order valence-electron chi connectivity index (χ4n) is 11.0. The molecule has 0 rings (SSSR count). The molecule has 0 saturated heterocycles. The van der Waals surface area contributed by atoms with Gasteiger partial charge in [0.2, 0.25) is 0 Å². The lowest BCUT2D eigenvalue weighted by molar-refractivity contribution is -0.161. The molecule has 73 heavy (non-hydrogen) atoms. The molecular formula is C68H134O5. The molecule has 1 atom stereocenters. The van der Waals surface area contributed by atoms with Crippen molar-refractivity contribution in [1.29, 1.82) is 0 Å². The summed E-state index contributed by atoms with van der Waals surface area (Å²) in [5.74, 6) is -0.559. The zero-order valence-corrected chi connectivity index (χ0v) is 50.2. The molecule has 0 radical (unpaired) electrons. The molecule has 0 spiro atoms. The monoisotopic (exact) mass is 1030 g/mol. The zero-order chi connectivity index (χ0) is 52.7. The van der Waals surface area contributed by atoms with Gasteiger partial charge in [0, 0.05) is 12.8 Å². The summed E-state index contributed by atoms with van der Waals surface area (Å²) in [6.45, 7) is 4.23. The molecule has 0 aromatic heterocycles. The van der Waals surface area contributed by atoms with E-state index in [9.17, 15) is 14.7 Å². The fourth-order valence-corrected chi connectivity index (χ4v) is 11.0. The Morgan fingerprint density at radius 1 is 0.260 bits per heavy atom. The average Bonchev–Trinajstić information content (AvgIpc) is 3.39. The Balaban J connectivity index is 3.36. The highest BCUT2D eigenvalue weighted by Gasteiger charge is 2.16. The van der Waals surface area contributed by atoms with Crippen LogP contribution in [0.2, 0.25) is 0 Å². The Kier molecular flexibility index (Phi) is 64.2. The van der Waals surface area contributed by atoms with Crippen molar-refractivity contribution < 1.29 is 24.2 Å². The van der Waals surface area contributed by atoms with Gasteiger partial charge in [-0.25, -0.2) is 0 Å². The van der Waals surface area contributed by atoms with Crippen LogP contribution in [0.15, 0.2) is 0 Å². The summed E-state index contributed by atoms with van der Waals surface area (Å²) < 4.78 is 10.8. The highest BCUT2D eigenvalue weighted by molar-refractivity contribution is 5.70. The highest BCUT2D eigenvalue weighted by Crippen LogP contribution is 2.20. The largest absolute Gasteiger partial charge is 0.462 e. The van der Waals surface area contributed by atoms with Gasteiger partial charge in [-0.3, -0.25) is 9.59 Å². The molecular weight excluding hydrogens is 897 g/mol. The quantitative estimate of drug-likeness (QED) is 0.0485. The summed E-state index contributed by atoms with van der Waals surface area (Å²) in [6, 6.07) is 0. The molecule has 0 aliphatic carbocycles. The van der Waals surface area contributed by atoms with Gasteiger partial charge in [-0.15, -0.1) is 0 Å². The van der Waals surface area contributed by atoms with E-state index in [0.717, 1.165) is 32.1 Å². The summed E-state index contributed by atoms with van der Waals surface area (Å²) in [7, 11) is 0. The standard InChI is InChI=1S/C68H134O5/c1-3-5-7-9-11-13-15-17-19-21-23-25-27-29-31-33-34-35-37-39-41-43-45-47-49-51-53-55-57-59-61-63-68(71)73-66(64-69)65-72-67(70)62-60-58-56-54-52-50-48-46-44-42-40-38-36-32-30-28-26-24-22-20-18-16-14-12-10-8-6-4-2/h66,69H,3-65H2,1-2H3. The number of carbonyl (C=O) groups excluding carboxylic acids is 2. The highest BCUT2D eigenvalue weighted by atomic mass is 16.6. The molecule has 5 heteroatoms. The van der Waals surface area contributed by atoms with Gasteiger partial charge in [-0.2, -0.15) is 0 Å². The van der Waals surface area contributed by atoms with Gasteiger partial charge in [-0.05, 0) is 12.8 Å². The molecule has 1 N–H and O–H groups in total. The third-order valence-corrected chi connectivity index (χ3v) is 16.2. The predicted molar refractivity (Wildman–Crippen MR) is 321 cm³/mol.